The van der Waals surface area contributed by atoms with E-state index in [4.69, 9.17) is 16.3 Å². The van der Waals surface area contributed by atoms with Crippen LogP contribution in [0.15, 0.2) is 48.5 Å². The highest BCUT2D eigenvalue weighted by Crippen LogP contribution is 2.32. The van der Waals surface area contributed by atoms with Crippen molar-refractivity contribution < 1.29 is 9.53 Å². The number of benzene rings is 2. The van der Waals surface area contributed by atoms with E-state index in [1.807, 2.05) is 44.2 Å². The average Bonchev–Trinajstić information content (AvgIpc) is 2.43. The summed E-state index contributed by atoms with van der Waals surface area (Å²) in [6.07, 6.45) is 0. The lowest BCUT2D eigenvalue weighted by Gasteiger charge is -2.14. The maximum Gasteiger partial charge on any atom is 0.227 e. The molecule has 0 aliphatic carbocycles. The van der Waals surface area contributed by atoms with Crippen LogP contribution in [-0.2, 0) is 4.79 Å². The van der Waals surface area contributed by atoms with Gasteiger partial charge in [-0.2, -0.15) is 0 Å². The van der Waals surface area contributed by atoms with Gasteiger partial charge in [0.15, 0.2) is 5.75 Å². The molecular weight excluding hydrogens is 274 g/mol. The van der Waals surface area contributed by atoms with E-state index >= 15 is 0 Å². The fourth-order valence-corrected chi connectivity index (χ4v) is 1.75. The second-order valence-electron chi connectivity index (χ2n) is 4.70. The minimum atomic E-state index is -0.112. The third-order valence-electron chi connectivity index (χ3n) is 2.69. The lowest BCUT2D eigenvalue weighted by Crippen LogP contribution is -2.18. The topological polar surface area (TPSA) is 38.3 Å². The molecule has 2 rings (SSSR count). The number of nitrogens with one attached hydrogen (secondary N) is 1. The predicted molar refractivity (Wildman–Crippen MR) is 81.4 cm³/mol. The molecule has 3 nitrogen and oxygen atoms in total. The van der Waals surface area contributed by atoms with Crippen molar-refractivity contribution >= 4 is 23.2 Å². The van der Waals surface area contributed by atoms with E-state index in [0.717, 1.165) is 0 Å². The molecule has 0 saturated heterocycles. The second kappa shape index (κ2) is 6.44. The minimum Gasteiger partial charge on any atom is -0.455 e. The normalized spacial score (nSPS) is 10.4. The first-order valence-corrected chi connectivity index (χ1v) is 6.77. The number of hydrogen-bond acceptors (Lipinski definition) is 2. The van der Waals surface area contributed by atoms with Crippen LogP contribution in [0.2, 0.25) is 5.02 Å². The number of para-hydroxylation sites is 1. The van der Waals surface area contributed by atoms with E-state index in [0.29, 0.717) is 22.2 Å². The summed E-state index contributed by atoms with van der Waals surface area (Å²) in [5.74, 6) is 1.08. The molecule has 4 heteroatoms. The molecule has 0 aliphatic heterocycles. The number of ether oxygens (including phenoxy) is 1. The molecule has 1 amide bonds. The molecule has 0 heterocycles. The van der Waals surface area contributed by atoms with E-state index in [2.05, 4.69) is 5.32 Å². The molecule has 0 bridgehead atoms. The van der Waals surface area contributed by atoms with E-state index in [9.17, 15) is 4.79 Å². The number of hydrogen-bond donors (Lipinski definition) is 1. The van der Waals surface area contributed by atoms with Gasteiger partial charge >= 0.3 is 0 Å². The molecule has 1 N–H and O–H groups in total. The zero-order valence-electron chi connectivity index (χ0n) is 11.4. The Labute approximate surface area is 123 Å². The van der Waals surface area contributed by atoms with Crippen molar-refractivity contribution in [1.82, 2.24) is 0 Å². The lowest BCUT2D eigenvalue weighted by atomic mass is 10.2. The first-order valence-electron chi connectivity index (χ1n) is 6.39. The smallest absolute Gasteiger partial charge is 0.227 e. The maximum absolute atomic E-state index is 11.8. The summed E-state index contributed by atoms with van der Waals surface area (Å²) < 4.78 is 5.77. The van der Waals surface area contributed by atoms with Crippen molar-refractivity contribution in [2.24, 2.45) is 5.92 Å². The molecule has 0 atom stereocenters. The lowest BCUT2D eigenvalue weighted by molar-refractivity contribution is -0.118. The average molecular weight is 290 g/mol. The number of halogens is 1. The summed E-state index contributed by atoms with van der Waals surface area (Å²) in [5.41, 5.74) is 0.569. The Morgan fingerprint density at radius 1 is 1.15 bits per heavy atom. The second-order valence-corrected chi connectivity index (χ2v) is 5.14. The Morgan fingerprint density at radius 2 is 1.85 bits per heavy atom. The number of rotatable bonds is 4. The SMILES string of the molecule is CC(C)C(=O)Nc1cc(Cl)ccc1Oc1ccccc1. The first-order chi connectivity index (χ1) is 9.56. The van der Waals surface area contributed by atoms with Gasteiger partial charge in [0.25, 0.3) is 0 Å². The van der Waals surface area contributed by atoms with E-state index in [1.54, 1.807) is 18.2 Å². The van der Waals surface area contributed by atoms with Crippen LogP contribution in [0, 0.1) is 5.92 Å². The van der Waals surface area contributed by atoms with Crippen molar-refractivity contribution in [2.75, 3.05) is 5.32 Å². The van der Waals surface area contributed by atoms with Crippen LogP contribution in [0.3, 0.4) is 0 Å². The monoisotopic (exact) mass is 289 g/mol. The van der Waals surface area contributed by atoms with E-state index in [1.165, 1.54) is 0 Å². The Kier molecular flexibility index (Phi) is 4.64. The summed E-state index contributed by atoms with van der Waals surface area (Å²) in [6.45, 7) is 3.66. The zero-order valence-corrected chi connectivity index (χ0v) is 12.1. The van der Waals surface area contributed by atoms with Crippen LogP contribution in [0.5, 0.6) is 11.5 Å². The van der Waals surface area contributed by atoms with Gasteiger partial charge in [-0.25, -0.2) is 0 Å². The molecule has 104 valence electrons. The van der Waals surface area contributed by atoms with Gasteiger partial charge in [-0.3, -0.25) is 4.79 Å². The molecule has 0 aromatic heterocycles. The van der Waals surface area contributed by atoms with E-state index in [-0.39, 0.29) is 11.8 Å². The van der Waals surface area contributed by atoms with Gasteiger partial charge in [-0.05, 0) is 30.3 Å². The highest BCUT2D eigenvalue weighted by atomic mass is 35.5. The van der Waals surface area contributed by atoms with Crippen molar-refractivity contribution in [2.45, 2.75) is 13.8 Å². The van der Waals surface area contributed by atoms with Crippen LogP contribution in [-0.4, -0.2) is 5.91 Å². The summed E-state index contributed by atoms with van der Waals surface area (Å²) in [4.78, 5) is 11.8. The van der Waals surface area contributed by atoms with Gasteiger partial charge in [0.1, 0.15) is 5.75 Å². The van der Waals surface area contributed by atoms with Crippen molar-refractivity contribution in [3.05, 3.63) is 53.6 Å². The fourth-order valence-electron chi connectivity index (χ4n) is 1.58. The van der Waals surface area contributed by atoms with Gasteiger partial charge in [-0.15, -0.1) is 0 Å². The molecule has 2 aromatic carbocycles. The van der Waals surface area contributed by atoms with Gasteiger partial charge < -0.3 is 10.1 Å². The first kappa shape index (κ1) is 14.4. The van der Waals surface area contributed by atoms with Crippen molar-refractivity contribution in [1.29, 1.82) is 0 Å². The molecule has 0 fully saturated rings. The van der Waals surface area contributed by atoms with Gasteiger partial charge in [0.2, 0.25) is 5.91 Å². The van der Waals surface area contributed by atoms with Crippen LogP contribution in [0.1, 0.15) is 13.8 Å². The standard InChI is InChI=1S/C16H16ClNO2/c1-11(2)16(19)18-14-10-12(17)8-9-15(14)20-13-6-4-3-5-7-13/h3-11H,1-2H3,(H,18,19). The van der Waals surface area contributed by atoms with Gasteiger partial charge in [0, 0.05) is 10.9 Å². The highest BCUT2D eigenvalue weighted by Gasteiger charge is 2.12. The summed E-state index contributed by atoms with van der Waals surface area (Å²) >= 11 is 5.98. The van der Waals surface area contributed by atoms with Crippen LogP contribution < -0.4 is 10.1 Å². The van der Waals surface area contributed by atoms with Crippen molar-refractivity contribution in [3.63, 3.8) is 0 Å². The zero-order chi connectivity index (χ0) is 14.5. The third-order valence-corrected chi connectivity index (χ3v) is 2.93. The Bertz CT molecular complexity index is 597. The number of amides is 1. The molecule has 0 aliphatic rings. The summed E-state index contributed by atoms with van der Waals surface area (Å²) in [7, 11) is 0. The molecule has 0 radical (unpaired) electrons. The fraction of sp³-hybridized carbons (Fsp3) is 0.188. The molecule has 2 aromatic rings. The predicted octanol–water partition coefficient (Wildman–Crippen LogP) is 4.73. The van der Waals surface area contributed by atoms with Gasteiger partial charge in [0.05, 0.1) is 5.69 Å². The number of carbonyl (C=O) groups excluding carboxylic acids is 1. The van der Waals surface area contributed by atoms with Crippen LogP contribution in [0.25, 0.3) is 0 Å². The molecule has 0 unspecified atom stereocenters. The minimum absolute atomic E-state index is 0.0785. The quantitative estimate of drug-likeness (QED) is 0.884. The van der Waals surface area contributed by atoms with Crippen LogP contribution in [0.4, 0.5) is 5.69 Å². The number of carbonyl (C=O) groups is 1. The number of anilines is 1. The summed E-state index contributed by atoms with van der Waals surface area (Å²) in [6, 6.07) is 14.5. The maximum atomic E-state index is 11.8. The van der Waals surface area contributed by atoms with Crippen molar-refractivity contribution in [3.8, 4) is 11.5 Å². The molecule has 0 saturated carbocycles. The van der Waals surface area contributed by atoms with Gasteiger partial charge in [-0.1, -0.05) is 43.6 Å². The largest absolute Gasteiger partial charge is 0.455 e. The molecule has 20 heavy (non-hydrogen) atoms. The third kappa shape index (κ3) is 3.75. The Balaban J connectivity index is 2.26. The highest BCUT2D eigenvalue weighted by molar-refractivity contribution is 6.31. The Hall–Kier alpha value is -2.00. The summed E-state index contributed by atoms with van der Waals surface area (Å²) in [5, 5.41) is 3.37. The van der Waals surface area contributed by atoms with E-state index < -0.39 is 0 Å². The van der Waals surface area contributed by atoms with Crippen LogP contribution >= 0.6 is 11.6 Å². The molecular formula is C16H16ClNO2. The Morgan fingerprint density at radius 3 is 2.50 bits per heavy atom. The molecule has 0 spiro atoms.